The fourth-order valence-electron chi connectivity index (χ4n) is 1.57. The molecule has 16 heavy (non-hydrogen) atoms. The van der Waals surface area contributed by atoms with E-state index in [-0.39, 0.29) is 6.04 Å². The minimum atomic E-state index is 0.228. The summed E-state index contributed by atoms with van der Waals surface area (Å²) in [6.45, 7) is 4.88. The number of rotatable bonds is 4. The minimum absolute atomic E-state index is 0.228. The molecule has 3 nitrogen and oxygen atoms in total. The van der Waals surface area contributed by atoms with Gasteiger partial charge in [-0.15, -0.1) is 0 Å². The van der Waals surface area contributed by atoms with Crippen LogP contribution in [0.4, 0.5) is 0 Å². The van der Waals surface area contributed by atoms with E-state index in [1.54, 1.807) is 6.26 Å². The van der Waals surface area contributed by atoms with Crippen molar-refractivity contribution in [3.05, 3.63) is 53.7 Å². The van der Waals surface area contributed by atoms with E-state index < -0.39 is 0 Å². The standard InChI is InChI=1S/C13H16N2O/c1-10-6-8-16-13(10)9-15-11(2)12-5-3-4-7-14-12/h3-8,11,15H,9H2,1-2H3/t11-/m0/s1. The van der Waals surface area contributed by atoms with E-state index in [9.17, 15) is 0 Å². The van der Waals surface area contributed by atoms with Crippen molar-refractivity contribution in [1.29, 1.82) is 0 Å². The largest absolute Gasteiger partial charge is 0.468 e. The van der Waals surface area contributed by atoms with Crippen molar-refractivity contribution in [3.8, 4) is 0 Å². The summed E-state index contributed by atoms with van der Waals surface area (Å²) in [5, 5.41) is 3.39. The lowest BCUT2D eigenvalue weighted by Crippen LogP contribution is -2.19. The van der Waals surface area contributed by atoms with Gasteiger partial charge in [0.15, 0.2) is 0 Å². The van der Waals surface area contributed by atoms with E-state index in [0.29, 0.717) is 0 Å². The molecule has 0 amide bonds. The Labute approximate surface area is 95.5 Å². The van der Waals surface area contributed by atoms with E-state index in [0.717, 1.165) is 18.0 Å². The fraction of sp³-hybridized carbons (Fsp3) is 0.308. The van der Waals surface area contributed by atoms with Gasteiger partial charge in [-0.3, -0.25) is 4.98 Å². The zero-order valence-electron chi connectivity index (χ0n) is 9.60. The number of aromatic nitrogens is 1. The first-order valence-corrected chi connectivity index (χ1v) is 5.44. The predicted molar refractivity (Wildman–Crippen MR) is 62.9 cm³/mol. The van der Waals surface area contributed by atoms with Crippen LogP contribution >= 0.6 is 0 Å². The minimum Gasteiger partial charge on any atom is -0.468 e. The summed E-state index contributed by atoms with van der Waals surface area (Å²) in [7, 11) is 0. The van der Waals surface area contributed by atoms with Gasteiger partial charge in [0.1, 0.15) is 5.76 Å². The molecule has 84 valence electrons. The van der Waals surface area contributed by atoms with Crippen molar-refractivity contribution in [2.75, 3.05) is 0 Å². The average molecular weight is 216 g/mol. The average Bonchev–Trinajstić information content (AvgIpc) is 2.73. The number of aryl methyl sites for hydroxylation is 1. The molecule has 0 aromatic carbocycles. The molecular weight excluding hydrogens is 200 g/mol. The van der Waals surface area contributed by atoms with Crippen LogP contribution < -0.4 is 5.32 Å². The summed E-state index contributed by atoms with van der Waals surface area (Å²) in [6.07, 6.45) is 3.53. The first-order chi connectivity index (χ1) is 7.77. The molecule has 3 heteroatoms. The van der Waals surface area contributed by atoms with Gasteiger partial charge < -0.3 is 9.73 Å². The van der Waals surface area contributed by atoms with Crippen LogP contribution in [0.5, 0.6) is 0 Å². The predicted octanol–water partition coefficient (Wildman–Crippen LogP) is 2.83. The zero-order valence-corrected chi connectivity index (χ0v) is 9.60. The molecule has 2 aromatic heterocycles. The van der Waals surface area contributed by atoms with E-state index in [1.807, 2.05) is 37.4 Å². The monoisotopic (exact) mass is 216 g/mol. The molecule has 0 fully saturated rings. The second-order valence-corrected chi connectivity index (χ2v) is 3.88. The van der Waals surface area contributed by atoms with Gasteiger partial charge >= 0.3 is 0 Å². The molecule has 0 radical (unpaired) electrons. The highest BCUT2D eigenvalue weighted by Crippen LogP contribution is 2.12. The van der Waals surface area contributed by atoms with Crippen LogP contribution in [0.3, 0.4) is 0 Å². The van der Waals surface area contributed by atoms with Crippen molar-refractivity contribution in [2.24, 2.45) is 0 Å². The lowest BCUT2D eigenvalue weighted by Gasteiger charge is -2.12. The van der Waals surface area contributed by atoms with Gasteiger partial charge in [-0.05, 0) is 37.6 Å². The van der Waals surface area contributed by atoms with E-state index in [1.165, 1.54) is 5.56 Å². The molecule has 0 bridgehead atoms. The van der Waals surface area contributed by atoms with Crippen molar-refractivity contribution in [3.63, 3.8) is 0 Å². The second-order valence-electron chi connectivity index (χ2n) is 3.88. The van der Waals surface area contributed by atoms with Crippen molar-refractivity contribution in [2.45, 2.75) is 26.4 Å². The molecule has 1 atom stereocenters. The zero-order chi connectivity index (χ0) is 11.4. The lowest BCUT2D eigenvalue weighted by atomic mass is 10.2. The summed E-state index contributed by atoms with van der Waals surface area (Å²) in [6, 6.07) is 8.14. The number of nitrogens with zero attached hydrogens (tertiary/aromatic N) is 1. The Morgan fingerprint density at radius 3 is 2.88 bits per heavy atom. The second kappa shape index (κ2) is 4.94. The van der Waals surface area contributed by atoms with Gasteiger partial charge in [0.05, 0.1) is 18.5 Å². The number of hydrogen-bond donors (Lipinski definition) is 1. The number of pyridine rings is 1. The van der Waals surface area contributed by atoms with Crippen LogP contribution in [0.2, 0.25) is 0 Å². The lowest BCUT2D eigenvalue weighted by molar-refractivity contribution is 0.455. The maximum Gasteiger partial charge on any atom is 0.120 e. The number of hydrogen-bond acceptors (Lipinski definition) is 3. The first kappa shape index (κ1) is 10.9. The van der Waals surface area contributed by atoms with Gasteiger partial charge in [-0.2, -0.15) is 0 Å². The Kier molecular flexibility index (Phi) is 3.37. The third-order valence-electron chi connectivity index (χ3n) is 2.67. The van der Waals surface area contributed by atoms with Crippen LogP contribution in [0.25, 0.3) is 0 Å². The topological polar surface area (TPSA) is 38.1 Å². The fourth-order valence-corrected chi connectivity index (χ4v) is 1.57. The third kappa shape index (κ3) is 2.49. The Bertz CT molecular complexity index is 436. The van der Waals surface area contributed by atoms with Crippen LogP contribution in [0.1, 0.15) is 30.0 Å². The molecule has 2 heterocycles. The SMILES string of the molecule is Cc1ccoc1CN[C@@H](C)c1ccccn1. The first-order valence-electron chi connectivity index (χ1n) is 5.44. The molecule has 1 N–H and O–H groups in total. The summed E-state index contributed by atoms with van der Waals surface area (Å²) in [4.78, 5) is 4.31. The molecule has 0 saturated heterocycles. The Morgan fingerprint density at radius 1 is 1.38 bits per heavy atom. The van der Waals surface area contributed by atoms with Gasteiger partial charge in [-0.25, -0.2) is 0 Å². The smallest absolute Gasteiger partial charge is 0.120 e. The Hall–Kier alpha value is -1.61. The maximum atomic E-state index is 5.37. The van der Waals surface area contributed by atoms with Gasteiger partial charge in [0, 0.05) is 12.2 Å². The van der Waals surface area contributed by atoms with Crippen molar-refractivity contribution >= 4 is 0 Å². The third-order valence-corrected chi connectivity index (χ3v) is 2.67. The molecule has 2 aromatic rings. The maximum absolute atomic E-state index is 5.37. The molecule has 2 rings (SSSR count). The molecule has 0 unspecified atom stereocenters. The van der Waals surface area contributed by atoms with Gasteiger partial charge in [-0.1, -0.05) is 6.07 Å². The number of furan rings is 1. The summed E-state index contributed by atoms with van der Waals surface area (Å²) >= 11 is 0. The van der Waals surface area contributed by atoms with Crippen molar-refractivity contribution < 1.29 is 4.42 Å². The van der Waals surface area contributed by atoms with Crippen LogP contribution in [0, 0.1) is 6.92 Å². The highest BCUT2D eigenvalue weighted by atomic mass is 16.3. The molecule has 0 spiro atoms. The van der Waals surface area contributed by atoms with Gasteiger partial charge in [0.25, 0.3) is 0 Å². The summed E-state index contributed by atoms with van der Waals surface area (Å²) in [5.74, 6) is 0.989. The summed E-state index contributed by atoms with van der Waals surface area (Å²) < 4.78 is 5.37. The normalized spacial score (nSPS) is 12.6. The van der Waals surface area contributed by atoms with E-state index in [4.69, 9.17) is 4.42 Å². The Morgan fingerprint density at radius 2 is 2.25 bits per heavy atom. The van der Waals surface area contributed by atoms with E-state index >= 15 is 0 Å². The highest BCUT2D eigenvalue weighted by molar-refractivity contribution is 5.15. The molecule has 0 aliphatic heterocycles. The van der Waals surface area contributed by atoms with Crippen LogP contribution in [-0.2, 0) is 6.54 Å². The van der Waals surface area contributed by atoms with Crippen LogP contribution in [-0.4, -0.2) is 4.98 Å². The summed E-state index contributed by atoms with van der Waals surface area (Å²) in [5.41, 5.74) is 2.23. The van der Waals surface area contributed by atoms with Crippen molar-refractivity contribution in [1.82, 2.24) is 10.3 Å². The molecule has 0 saturated carbocycles. The van der Waals surface area contributed by atoms with Gasteiger partial charge in [0.2, 0.25) is 0 Å². The molecular formula is C13H16N2O. The van der Waals surface area contributed by atoms with Crippen LogP contribution in [0.15, 0.2) is 41.1 Å². The highest BCUT2D eigenvalue weighted by Gasteiger charge is 2.07. The Balaban J connectivity index is 1.94. The number of nitrogens with one attached hydrogen (secondary N) is 1. The molecule has 0 aliphatic rings. The quantitative estimate of drug-likeness (QED) is 0.854. The molecule has 0 aliphatic carbocycles. The van der Waals surface area contributed by atoms with E-state index in [2.05, 4.69) is 17.2 Å².